The lowest BCUT2D eigenvalue weighted by atomic mass is 9.78. The second-order valence-electron chi connectivity index (χ2n) is 8.20. The minimum absolute atomic E-state index is 0. The Kier molecular flexibility index (Phi) is 5.94. The number of aromatic nitrogens is 2. The lowest BCUT2D eigenvalue weighted by Gasteiger charge is -2.28. The molecule has 1 heterocycles. The van der Waals surface area contributed by atoms with Gasteiger partial charge in [-0.3, -0.25) is 4.79 Å². The van der Waals surface area contributed by atoms with E-state index in [0.717, 1.165) is 6.20 Å². The summed E-state index contributed by atoms with van der Waals surface area (Å²) in [6.07, 6.45) is 1.12. The molecule has 0 spiro atoms. The van der Waals surface area contributed by atoms with Crippen molar-refractivity contribution in [1.82, 2.24) is 9.97 Å². The number of carbonyl (C=O) groups excluding carboxylic acids is 1. The zero-order chi connectivity index (χ0) is 19.2. The third kappa shape index (κ3) is 4.25. The maximum absolute atomic E-state index is 12.8. The Morgan fingerprint density at radius 1 is 1.00 bits per heavy atom. The highest BCUT2D eigenvalue weighted by atomic mass is 35.5. The van der Waals surface area contributed by atoms with E-state index in [2.05, 4.69) is 9.97 Å². The molecule has 0 aliphatic heterocycles. The number of H-pyrrole nitrogens is 1. The standard InChI is InChI=1S/C19H24N2O4.ClH/c1-18(2,3)11-7-10(8-12(15(11)23)19(4,5)6)14(22)16-20-9-13(21-16)17(24)25;/h7-9,23H,1-6H3,(H,20,21)(H,24,25);1H. The van der Waals surface area contributed by atoms with Crippen molar-refractivity contribution in [1.29, 1.82) is 0 Å². The molecule has 7 heteroatoms. The van der Waals surface area contributed by atoms with Crippen LogP contribution in [0.2, 0.25) is 0 Å². The Morgan fingerprint density at radius 3 is 1.81 bits per heavy atom. The first kappa shape index (κ1) is 21.7. The highest BCUT2D eigenvalue weighted by Gasteiger charge is 2.28. The van der Waals surface area contributed by atoms with Gasteiger partial charge in [0.25, 0.3) is 0 Å². The lowest BCUT2D eigenvalue weighted by Crippen LogP contribution is -2.19. The fourth-order valence-electron chi connectivity index (χ4n) is 2.59. The molecule has 0 radical (unpaired) electrons. The van der Waals surface area contributed by atoms with Crippen LogP contribution in [-0.2, 0) is 10.8 Å². The van der Waals surface area contributed by atoms with E-state index in [1.54, 1.807) is 12.1 Å². The molecule has 0 bridgehead atoms. The zero-order valence-electron chi connectivity index (χ0n) is 15.8. The molecule has 3 N–H and O–H groups in total. The molecular weight excluding hydrogens is 356 g/mol. The number of rotatable bonds is 3. The van der Waals surface area contributed by atoms with E-state index in [4.69, 9.17) is 5.11 Å². The minimum atomic E-state index is -1.18. The van der Waals surface area contributed by atoms with Crippen LogP contribution < -0.4 is 0 Å². The summed E-state index contributed by atoms with van der Waals surface area (Å²) in [5.74, 6) is -1.45. The number of nitrogens with zero attached hydrogens (tertiary/aromatic N) is 1. The number of ketones is 1. The van der Waals surface area contributed by atoms with Crippen LogP contribution in [0.5, 0.6) is 5.75 Å². The Morgan fingerprint density at radius 2 is 1.46 bits per heavy atom. The highest BCUT2D eigenvalue weighted by Crippen LogP contribution is 2.40. The SMILES string of the molecule is CC(C)(C)c1cc(C(=O)c2ncc(C(=O)O)[nH]2)cc(C(C)(C)C)c1O.Cl. The van der Waals surface area contributed by atoms with Crippen molar-refractivity contribution >= 4 is 24.2 Å². The first-order valence-corrected chi connectivity index (χ1v) is 8.03. The van der Waals surface area contributed by atoms with Crippen molar-refractivity contribution < 1.29 is 19.8 Å². The van der Waals surface area contributed by atoms with Gasteiger partial charge in [-0.15, -0.1) is 12.4 Å². The summed E-state index contributed by atoms with van der Waals surface area (Å²) in [5, 5.41) is 19.7. The Balaban J connectivity index is 0.00000338. The van der Waals surface area contributed by atoms with Crippen LogP contribution in [0.4, 0.5) is 0 Å². The van der Waals surface area contributed by atoms with Gasteiger partial charge in [-0.25, -0.2) is 9.78 Å². The normalized spacial score (nSPS) is 11.8. The summed E-state index contributed by atoms with van der Waals surface area (Å²) in [6.45, 7) is 11.7. The van der Waals surface area contributed by atoms with Gasteiger partial charge in [-0.1, -0.05) is 41.5 Å². The summed E-state index contributed by atoms with van der Waals surface area (Å²) in [7, 11) is 0. The number of phenolic OH excluding ortho intramolecular Hbond substituents is 1. The van der Waals surface area contributed by atoms with Gasteiger partial charge in [0.1, 0.15) is 11.4 Å². The Bertz CT molecular complexity index is 807. The molecule has 0 aliphatic carbocycles. The van der Waals surface area contributed by atoms with Gasteiger partial charge >= 0.3 is 5.97 Å². The molecule has 2 rings (SSSR count). The molecule has 0 aliphatic rings. The van der Waals surface area contributed by atoms with E-state index in [-0.39, 0.29) is 40.5 Å². The molecule has 0 unspecified atom stereocenters. The maximum atomic E-state index is 12.8. The van der Waals surface area contributed by atoms with E-state index >= 15 is 0 Å². The number of carboxylic acid groups (broad SMARTS) is 1. The van der Waals surface area contributed by atoms with Crippen molar-refractivity contribution in [2.45, 2.75) is 52.4 Å². The molecule has 0 fully saturated rings. The minimum Gasteiger partial charge on any atom is -0.507 e. The number of imidazole rings is 1. The monoisotopic (exact) mass is 380 g/mol. The number of hydrogen-bond donors (Lipinski definition) is 3. The first-order valence-electron chi connectivity index (χ1n) is 8.03. The van der Waals surface area contributed by atoms with E-state index in [9.17, 15) is 14.7 Å². The van der Waals surface area contributed by atoms with Crippen LogP contribution in [0.1, 0.15) is 79.3 Å². The van der Waals surface area contributed by atoms with Crippen LogP contribution in [-0.4, -0.2) is 31.9 Å². The van der Waals surface area contributed by atoms with Crippen LogP contribution >= 0.6 is 12.4 Å². The third-order valence-electron chi connectivity index (χ3n) is 4.01. The molecule has 2 aromatic rings. The van der Waals surface area contributed by atoms with Crippen molar-refractivity contribution in [2.75, 3.05) is 0 Å². The summed E-state index contributed by atoms with van der Waals surface area (Å²) in [5.41, 5.74) is 0.806. The molecule has 6 nitrogen and oxygen atoms in total. The van der Waals surface area contributed by atoms with Crippen LogP contribution in [0.3, 0.4) is 0 Å². The largest absolute Gasteiger partial charge is 0.507 e. The number of hydrogen-bond acceptors (Lipinski definition) is 4. The molecule has 1 aromatic carbocycles. The number of nitrogens with one attached hydrogen (secondary N) is 1. The summed E-state index contributed by atoms with van der Waals surface area (Å²) < 4.78 is 0. The van der Waals surface area contributed by atoms with Crippen LogP contribution in [0, 0.1) is 0 Å². The van der Waals surface area contributed by atoms with Gasteiger partial charge < -0.3 is 15.2 Å². The van der Waals surface area contributed by atoms with Gasteiger partial charge in [0.05, 0.1) is 6.20 Å². The van der Waals surface area contributed by atoms with E-state index in [1.807, 2.05) is 41.5 Å². The van der Waals surface area contributed by atoms with Gasteiger partial charge in [0.2, 0.25) is 5.78 Å². The number of aromatic carboxylic acids is 1. The molecule has 0 atom stereocenters. The number of aromatic hydroxyl groups is 1. The molecule has 0 saturated heterocycles. The van der Waals surface area contributed by atoms with Gasteiger partial charge in [0.15, 0.2) is 5.82 Å². The molecule has 0 saturated carbocycles. The summed E-state index contributed by atoms with van der Waals surface area (Å²) >= 11 is 0. The summed E-state index contributed by atoms with van der Waals surface area (Å²) in [4.78, 5) is 30.1. The number of carbonyl (C=O) groups is 2. The van der Waals surface area contributed by atoms with Crippen molar-refractivity contribution in [3.63, 3.8) is 0 Å². The predicted octanol–water partition coefficient (Wildman–Crippen LogP) is 4.06. The fourth-order valence-corrected chi connectivity index (χ4v) is 2.59. The quantitative estimate of drug-likeness (QED) is 0.696. The van der Waals surface area contributed by atoms with Crippen molar-refractivity contribution in [3.05, 3.63) is 46.5 Å². The van der Waals surface area contributed by atoms with Crippen LogP contribution in [0.25, 0.3) is 0 Å². The number of aromatic amines is 1. The van der Waals surface area contributed by atoms with E-state index in [0.29, 0.717) is 16.7 Å². The van der Waals surface area contributed by atoms with Gasteiger partial charge in [-0.2, -0.15) is 0 Å². The number of benzene rings is 1. The molecular formula is C19H25ClN2O4. The second-order valence-corrected chi connectivity index (χ2v) is 8.20. The smallest absolute Gasteiger partial charge is 0.353 e. The van der Waals surface area contributed by atoms with Crippen molar-refractivity contribution in [2.24, 2.45) is 0 Å². The zero-order valence-corrected chi connectivity index (χ0v) is 16.6. The highest BCUT2D eigenvalue weighted by molar-refractivity contribution is 6.07. The molecule has 0 amide bonds. The molecule has 142 valence electrons. The van der Waals surface area contributed by atoms with Crippen molar-refractivity contribution in [3.8, 4) is 5.75 Å². The average molecular weight is 381 g/mol. The van der Waals surface area contributed by atoms with E-state index < -0.39 is 11.8 Å². The average Bonchev–Trinajstić information content (AvgIpc) is 2.94. The van der Waals surface area contributed by atoms with E-state index in [1.165, 1.54) is 0 Å². The second kappa shape index (κ2) is 7.11. The van der Waals surface area contributed by atoms with Gasteiger partial charge in [0, 0.05) is 16.7 Å². The summed E-state index contributed by atoms with van der Waals surface area (Å²) in [6, 6.07) is 3.30. The number of carboxylic acids is 1. The number of phenols is 1. The Hall–Kier alpha value is -2.34. The maximum Gasteiger partial charge on any atom is 0.353 e. The van der Waals surface area contributed by atoms with Gasteiger partial charge in [-0.05, 0) is 23.0 Å². The fraction of sp³-hybridized carbons (Fsp3) is 0.421. The topological polar surface area (TPSA) is 103 Å². The van der Waals surface area contributed by atoms with Crippen LogP contribution in [0.15, 0.2) is 18.3 Å². The lowest BCUT2D eigenvalue weighted by molar-refractivity contribution is 0.0691. The predicted molar refractivity (Wildman–Crippen MR) is 102 cm³/mol. The third-order valence-corrected chi connectivity index (χ3v) is 4.01. The Labute approximate surface area is 159 Å². The number of halogens is 1. The molecule has 26 heavy (non-hydrogen) atoms. The molecule has 1 aromatic heterocycles. The first-order chi connectivity index (χ1) is 11.3.